The van der Waals surface area contributed by atoms with E-state index >= 15 is 0 Å². The van der Waals surface area contributed by atoms with E-state index in [0.29, 0.717) is 5.82 Å². The maximum absolute atomic E-state index is 6.84. The first-order chi connectivity index (χ1) is 25.8. The topological polar surface area (TPSA) is 43.9 Å². The summed E-state index contributed by atoms with van der Waals surface area (Å²) >= 11 is 0. The summed E-state index contributed by atoms with van der Waals surface area (Å²) in [4.78, 5) is 10.1. The lowest BCUT2D eigenvalue weighted by Gasteiger charge is -2.13. The Labute approximate surface area is 298 Å². The molecule has 0 aliphatic rings. The lowest BCUT2D eigenvalue weighted by Crippen LogP contribution is -1.97. The maximum Gasteiger partial charge on any atom is 0.160 e. The van der Waals surface area contributed by atoms with E-state index < -0.39 is 0 Å². The van der Waals surface area contributed by atoms with Crippen molar-refractivity contribution in [3.8, 4) is 39.6 Å². The third-order valence-electron chi connectivity index (χ3n) is 10.4. The van der Waals surface area contributed by atoms with E-state index in [1.54, 1.807) is 0 Å². The van der Waals surface area contributed by atoms with Crippen LogP contribution in [0.2, 0.25) is 0 Å². The fourth-order valence-electron chi connectivity index (χ4n) is 8.04. The Kier molecular flexibility index (Phi) is 6.22. The summed E-state index contributed by atoms with van der Waals surface area (Å²) in [6, 6.07) is 61.7. The fraction of sp³-hybridized carbons (Fsp3) is 0. The van der Waals surface area contributed by atoms with Gasteiger partial charge in [0.05, 0.1) is 22.4 Å². The third-order valence-corrected chi connectivity index (χ3v) is 10.4. The van der Waals surface area contributed by atoms with Gasteiger partial charge in [0.25, 0.3) is 0 Å². The molecule has 0 spiro atoms. The molecule has 242 valence electrons. The van der Waals surface area contributed by atoms with Crippen molar-refractivity contribution in [1.82, 2.24) is 14.5 Å². The maximum atomic E-state index is 6.84. The van der Waals surface area contributed by atoms with Gasteiger partial charge in [-0.15, -0.1) is 0 Å². The fourth-order valence-corrected chi connectivity index (χ4v) is 8.04. The summed E-state index contributed by atoms with van der Waals surface area (Å²) in [5.74, 6) is 0.703. The first kappa shape index (κ1) is 28.8. The summed E-state index contributed by atoms with van der Waals surface area (Å²) in [5, 5.41) is 9.48. The summed E-state index contributed by atoms with van der Waals surface area (Å²) in [6.45, 7) is 0. The molecule has 0 amide bonds. The number of rotatable bonds is 4. The first-order valence-corrected chi connectivity index (χ1v) is 17.6. The van der Waals surface area contributed by atoms with Gasteiger partial charge in [-0.1, -0.05) is 152 Å². The van der Waals surface area contributed by atoms with Crippen LogP contribution < -0.4 is 0 Å². The molecule has 11 rings (SSSR count). The van der Waals surface area contributed by atoms with Crippen LogP contribution in [0.1, 0.15) is 0 Å². The molecule has 0 radical (unpaired) electrons. The van der Waals surface area contributed by atoms with E-state index in [1.165, 1.54) is 37.8 Å². The molecule has 0 fully saturated rings. The van der Waals surface area contributed by atoms with E-state index in [-0.39, 0.29) is 0 Å². The van der Waals surface area contributed by atoms with Crippen molar-refractivity contribution in [1.29, 1.82) is 0 Å². The van der Waals surface area contributed by atoms with Gasteiger partial charge in [-0.05, 0) is 40.4 Å². The number of nitrogens with zero attached hydrogens (tertiary/aromatic N) is 3. The molecule has 52 heavy (non-hydrogen) atoms. The minimum absolute atomic E-state index is 0.703. The molecule has 3 aromatic heterocycles. The smallest absolute Gasteiger partial charge is 0.160 e. The van der Waals surface area contributed by atoms with Crippen LogP contribution in [0.4, 0.5) is 0 Å². The standard InChI is InChI=1S/C48H29N3O/c1-3-14-31(15-4-1)40-29-41(50-48(49-40)33-16-5-2-6-17-33)32-23-26-34(27-24-32)51-45-35-18-8-7-13-30(35)25-28-39(45)43-36-19-9-10-20-37(36)44-38-21-11-12-22-42(38)52-47(44)46(43)51/h1-29H. The van der Waals surface area contributed by atoms with Crippen molar-refractivity contribution in [2.75, 3.05) is 0 Å². The highest BCUT2D eigenvalue weighted by Crippen LogP contribution is 2.47. The molecule has 4 heteroatoms. The van der Waals surface area contributed by atoms with Crippen molar-refractivity contribution >= 4 is 65.3 Å². The van der Waals surface area contributed by atoms with Gasteiger partial charge in [-0.2, -0.15) is 0 Å². The molecule has 4 nitrogen and oxygen atoms in total. The van der Waals surface area contributed by atoms with E-state index in [9.17, 15) is 0 Å². The Morgan fingerprint density at radius 3 is 1.71 bits per heavy atom. The second-order valence-corrected chi connectivity index (χ2v) is 13.3. The van der Waals surface area contributed by atoms with E-state index in [4.69, 9.17) is 14.4 Å². The van der Waals surface area contributed by atoms with Gasteiger partial charge < -0.3 is 8.98 Å². The zero-order valence-corrected chi connectivity index (χ0v) is 28.0. The quantitative estimate of drug-likeness (QED) is 0.188. The molecule has 0 bridgehead atoms. The number of para-hydroxylation sites is 1. The van der Waals surface area contributed by atoms with Crippen LogP contribution in [0.5, 0.6) is 0 Å². The first-order valence-electron chi connectivity index (χ1n) is 17.6. The minimum Gasteiger partial charge on any atom is -0.454 e. The number of aromatic nitrogens is 3. The Morgan fingerprint density at radius 2 is 0.981 bits per heavy atom. The summed E-state index contributed by atoms with van der Waals surface area (Å²) in [5.41, 5.74) is 9.90. The molecular weight excluding hydrogens is 635 g/mol. The summed E-state index contributed by atoms with van der Waals surface area (Å²) in [6.07, 6.45) is 0. The number of hydrogen-bond acceptors (Lipinski definition) is 3. The normalized spacial score (nSPS) is 11.8. The highest BCUT2D eigenvalue weighted by molar-refractivity contribution is 6.36. The van der Waals surface area contributed by atoms with Gasteiger partial charge in [0, 0.05) is 49.3 Å². The van der Waals surface area contributed by atoms with Crippen molar-refractivity contribution in [2.45, 2.75) is 0 Å². The minimum atomic E-state index is 0.703. The zero-order valence-electron chi connectivity index (χ0n) is 28.0. The van der Waals surface area contributed by atoms with Crippen LogP contribution in [-0.4, -0.2) is 14.5 Å². The molecule has 0 unspecified atom stereocenters. The highest BCUT2D eigenvalue weighted by atomic mass is 16.3. The largest absolute Gasteiger partial charge is 0.454 e. The molecule has 0 N–H and O–H groups in total. The molecule has 3 heterocycles. The average Bonchev–Trinajstić information content (AvgIpc) is 3.79. The summed E-state index contributed by atoms with van der Waals surface area (Å²) < 4.78 is 9.26. The van der Waals surface area contributed by atoms with E-state index in [0.717, 1.165) is 61.2 Å². The molecule has 0 aliphatic carbocycles. The van der Waals surface area contributed by atoms with Gasteiger partial charge in [0.2, 0.25) is 0 Å². The van der Waals surface area contributed by atoms with Crippen molar-refractivity contribution in [3.63, 3.8) is 0 Å². The average molecular weight is 664 g/mol. The zero-order chi connectivity index (χ0) is 34.2. The number of furan rings is 1. The summed E-state index contributed by atoms with van der Waals surface area (Å²) in [7, 11) is 0. The van der Waals surface area contributed by atoms with Gasteiger partial charge in [0.15, 0.2) is 11.4 Å². The lowest BCUT2D eigenvalue weighted by molar-refractivity contribution is 0.671. The Bertz CT molecular complexity index is 3100. The number of hydrogen-bond donors (Lipinski definition) is 0. The van der Waals surface area contributed by atoms with Gasteiger partial charge >= 0.3 is 0 Å². The predicted molar refractivity (Wildman–Crippen MR) is 215 cm³/mol. The Hall–Kier alpha value is -7.04. The van der Waals surface area contributed by atoms with Crippen molar-refractivity contribution in [3.05, 3.63) is 176 Å². The molecule has 0 atom stereocenters. The molecular formula is C48H29N3O. The van der Waals surface area contributed by atoms with E-state index in [1.807, 2.05) is 42.5 Å². The monoisotopic (exact) mass is 663 g/mol. The second kappa shape index (κ2) is 11.2. The Morgan fingerprint density at radius 1 is 0.404 bits per heavy atom. The highest BCUT2D eigenvalue weighted by Gasteiger charge is 2.24. The Balaban J connectivity index is 1.20. The molecule has 0 saturated heterocycles. The van der Waals surface area contributed by atoms with Gasteiger partial charge in [0.1, 0.15) is 5.58 Å². The second-order valence-electron chi connectivity index (χ2n) is 13.3. The SMILES string of the molecule is c1ccc(-c2cc(-c3ccc(-n4c5c6ccccc6ccc5c5c6ccccc6c6c7ccccc7oc6c54)cc3)nc(-c3ccccc3)n2)cc1. The molecule has 11 aromatic rings. The van der Waals surface area contributed by atoms with E-state index in [2.05, 4.69) is 138 Å². The van der Waals surface area contributed by atoms with Crippen LogP contribution in [-0.2, 0) is 0 Å². The molecule has 0 aliphatic heterocycles. The molecule has 0 saturated carbocycles. The van der Waals surface area contributed by atoms with Crippen LogP contribution in [0, 0.1) is 0 Å². The van der Waals surface area contributed by atoms with Crippen LogP contribution in [0.15, 0.2) is 180 Å². The van der Waals surface area contributed by atoms with Crippen molar-refractivity contribution < 1.29 is 4.42 Å². The van der Waals surface area contributed by atoms with Crippen LogP contribution in [0.3, 0.4) is 0 Å². The predicted octanol–water partition coefficient (Wildman–Crippen LogP) is 12.8. The van der Waals surface area contributed by atoms with Gasteiger partial charge in [-0.25, -0.2) is 9.97 Å². The lowest BCUT2D eigenvalue weighted by atomic mass is 9.98. The number of benzene rings is 8. The van der Waals surface area contributed by atoms with Crippen LogP contribution >= 0.6 is 0 Å². The van der Waals surface area contributed by atoms with Crippen molar-refractivity contribution in [2.24, 2.45) is 0 Å². The molecule has 8 aromatic carbocycles. The third kappa shape index (κ3) is 4.28. The van der Waals surface area contributed by atoms with Gasteiger partial charge in [-0.3, -0.25) is 0 Å². The van der Waals surface area contributed by atoms with Crippen LogP contribution in [0.25, 0.3) is 105 Å². The number of fused-ring (bicyclic) bond motifs is 12.